The van der Waals surface area contributed by atoms with E-state index in [1.165, 1.54) is 0 Å². The number of pyridine rings is 1. The monoisotopic (exact) mass is 229 g/mol. The van der Waals surface area contributed by atoms with Gasteiger partial charge >= 0.3 is 0 Å². The van der Waals surface area contributed by atoms with Crippen LogP contribution in [0.5, 0.6) is 5.75 Å². The lowest BCUT2D eigenvalue weighted by molar-refractivity contribution is 0.342. The largest absolute Gasteiger partial charge is 0.492 e. The maximum atomic E-state index is 5.68. The van der Waals surface area contributed by atoms with Crippen LogP contribution in [0.2, 0.25) is 0 Å². The highest BCUT2D eigenvalue weighted by Crippen LogP contribution is 2.27. The molecule has 3 N–H and O–H groups in total. The van der Waals surface area contributed by atoms with Gasteiger partial charge < -0.3 is 15.8 Å². The van der Waals surface area contributed by atoms with Gasteiger partial charge in [-0.05, 0) is 25.1 Å². The van der Waals surface area contributed by atoms with Crippen molar-refractivity contribution in [2.75, 3.05) is 17.7 Å². The number of benzene rings is 1. The van der Waals surface area contributed by atoms with Gasteiger partial charge in [-0.2, -0.15) is 0 Å². The van der Waals surface area contributed by atoms with Crippen LogP contribution in [0.15, 0.2) is 42.7 Å². The molecular formula is C13H15N3O. The maximum Gasteiger partial charge on any atom is 0.142 e. The molecule has 0 amide bonds. The summed E-state index contributed by atoms with van der Waals surface area (Å²) in [6.45, 7) is 2.59. The third-order valence-corrected chi connectivity index (χ3v) is 2.23. The first-order valence-electron chi connectivity index (χ1n) is 5.49. The average molecular weight is 229 g/mol. The molecule has 0 spiro atoms. The summed E-state index contributed by atoms with van der Waals surface area (Å²) in [5, 5.41) is 3.23. The van der Waals surface area contributed by atoms with Crippen LogP contribution in [0.4, 0.5) is 17.1 Å². The summed E-state index contributed by atoms with van der Waals surface area (Å²) in [4.78, 5) is 4.03. The van der Waals surface area contributed by atoms with Crippen molar-refractivity contribution in [2.24, 2.45) is 0 Å². The fourth-order valence-electron chi connectivity index (χ4n) is 1.53. The van der Waals surface area contributed by atoms with E-state index in [9.17, 15) is 0 Å². The Morgan fingerprint density at radius 3 is 2.88 bits per heavy atom. The number of aromatic nitrogens is 1. The summed E-state index contributed by atoms with van der Waals surface area (Å²) in [7, 11) is 0. The minimum atomic E-state index is 0.629. The fraction of sp³-hybridized carbons (Fsp3) is 0.154. The van der Waals surface area contributed by atoms with Crippen LogP contribution < -0.4 is 15.8 Å². The fourth-order valence-corrected chi connectivity index (χ4v) is 1.53. The number of nitrogen functional groups attached to an aromatic ring is 1. The Kier molecular flexibility index (Phi) is 3.45. The Balaban J connectivity index is 2.23. The molecule has 2 aromatic rings. The molecule has 0 aliphatic heterocycles. The summed E-state index contributed by atoms with van der Waals surface area (Å²) in [6.07, 6.45) is 3.33. The molecule has 0 saturated heterocycles. The van der Waals surface area contributed by atoms with Crippen LogP contribution in [-0.4, -0.2) is 11.6 Å². The molecule has 0 atom stereocenters. The Labute approximate surface area is 100 Å². The second-order valence-corrected chi connectivity index (χ2v) is 3.56. The van der Waals surface area contributed by atoms with Crippen LogP contribution in [0.25, 0.3) is 0 Å². The molecule has 0 unspecified atom stereocenters. The summed E-state index contributed by atoms with van der Waals surface area (Å²) in [6, 6.07) is 9.59. The third kappa shape index (κ3) is 2.87. The molecule has 0 aliphatic carbocycles. The van der Waals surface area contributed by atoms with Gasteiger partial charge in [0.1, 0.15) is 5.75 Å². The van der Waals surface area contributed by atoms with Crippen LogP contribution in [-0.2, 0) is 0 Å². The van der Waals surface area contributed by atoms with Gasteiger partial charge in [0.15, 0.2) is 0 Å². The van der Waals surface area contributed by atoms with Crippen LogP contribution >= 0.6 is 0 Å². The van der Waals surface area contributed by atoms with Crippen LogP contribution in [0.1, 0.15) is 6.92 Å². The number of hydrogen-bond acceptors (Lipinski definition) is 4. The highest BCUT2D eigenvalue weighted by molar-refractivity contribution is 5.67. The van der Waals surface area contributed by atoms with Crippen LogP contribution in [0, 0.1) is 0 Å². The Morgan fingerprint density at radius 2 is 2.12 bits per heavy atom. The first-order chi connectivity index (χ1) is 8.29. The van der Waals surface area contributed by atoms with E-state index in [0.717, 1.165) is 17.1 Å². The molecule has 1 aromatic heterocycles. The van der Waals surface area contributed by atoms with E-state index >= 15 is 0 Å². The number of nitrogens with two attached hydrogens (primary N) is 1. The van der Waals surface area contributed by atoms with Crippen molar-refractivity contribution >= 4 is 17.1 Å². The van der Waals surface area contributed by atoms with Gasteiger partial charge in [0.25, 0.3) is 0 Å². The van der Waals surface area contributed by atoms with Gasteiger partial charge in [0.05, 0.1) is 29.9 Å². The zero-order valence-corrected chi connectivity index (χ0v) is 9.68. The van der Waals surface area contributed by atoms with Crippen molar-refractivity contribution in [1.82, 2.24) is 4.98 Å². The molecule has 4 heteroatoms. The van der Waals surface area contributed by atoms with E-state index in [-0.39, 0.29) is 0 Å². The van der Waals surface area contributed by atoms with E-state index in [0.29, 0.717) is 12.3 Å². The second-order valence-electron chi connectivity index (χ2n) is 3.56. The summed E-state index contributed by atoms with van der Waals surface area (Å²) in [5.74, 6) is 0.817. The predicted octanol–water partition coefficient (Wildman–Crippen LogP) is 2.81. The Bertz CT molecular complexity index is 500. The van der Waals surface area contributed by atoms with Gasteiger partial charge in [-0.3, -0.25) is 4.98 Å². The summed E-state index contributed by atoms with van der Waals surface area (Å²) >= 11 is 0. The van der Waals surface area contributed by atoms with Gasteiger partial charge in [-0.1, -0.05) is 12.1 Å². The first kappa shape index (κ1) is 11.3. The first-order valence-corrected chi connectivity index (χ1v) is 5.49. The molecule has 4 nitrogen and oxygen atoms in total. The minimum absolute atomic E-state index is 0.629. The molecule has 1 aromatic carbocycles. The molecule has 1 heterocycles. The third-order valence-electron chi connectivity index (χ3n) is 2.23. The van der Waals surface area contributed by atoms with E-state index in [4.69, 9.17) is 10.5 Å². The van der Waals surface area contributed by atoms with E-state index in [1.807, 2.05) is 37.3 Å². The Hall–Kier alpha value is -2.23. The van der Waals surface area contributed by atoms with Crippen molar-refractivity contribution in [3.05, 3.63) is 42.7 Å². The highest BCUT2D eigenvalue weighted by Gasteiger charge is 2.02. The van der Waals surface area contributed by atoms with Gasteiger partial charge in [-0.15, -0.1) is 0 Å². The predicted molar refractivity (Wildman–Crippen MR) is 69.5 cm³/mol. The molecule has 0 bridgehead atoms. The number of nitrogens with zero attached hydrogens (tertiary/aromatic N) is 1. The highest BCUT2D eigenvalue weighted by atomic mass is 16.5. The topological polar surface area (TPSA) is 60.2 Å². The zero-order valence-electron chi connectivity index (χ0n) is 9.68. The zero-order chi connectivity index (χ0) is 12.1. The van der Waals surface area contributed by atoms with Crippen molar-refractivity contribution < 1.29 is 4.74 Å². The van der Waals surface area contributed by atoms with E-state index in [2.05, 4.69) is 10.3 Å². The minimum Gasteiger partial charge on any atom is -0.492 e. The number of anilines is 3. The van der Waals surface area contributed by atoms with E-state index in [1.54, 1.807) is 12.4 Å². The summed E-state index contributed by atoms with van der Waals surface area (Å²) in [5.41, 5.74) is 8.05. The molecule has 0 saturated carbocycles. The second kappa shape index (κ2) is 5.21. The molecule has 0 aliphatic rings. The quantitative estimate of drug-likeness (QED) is 0.846. The number of ether oxygens (including phenoxy) is 1. The molecule has 0 radical (unpaired) electrons. The molecule has 0 fully saturated rings. The number of rotatable bonds is 4. The molecule has 88 valence electrons. The maximum absolute atomic E-state index is 5.68. The summed E-state index contributed by atoms with van der Waals surface area (Å²) < 4.78 is 5.53. The number of hydrogen-bond donors (Lipinski definition) is 2. The molecular weight excluding hydrogens is 214 g/mol. The van der Waals surface area contributed by atoms with Crippen LogP contribution in [0.3, 0.4) is 0 Å². The normalized spacial score (nSPS) is 9.94. The van der Waals surface area contributed by atoms with Crippen molar-refractivity contribution in [3.63, 3.8) is 0 Å². The lowest BCUT2D eigenvalue weighted by atomic mass is 10.2. The van der Waals surface area contributed by atoms with Gasteiger partial charge in [-0.25, -0.2) is 0 Å². The van der Waals surface area contributed by atoms with E-state index < -0.39 is 0 Å². The molecule has 2 rings (SSSR count). The van der Waals surface area contributed by atoms with Gasteiger partial charge in [0.2, 0.25) is 0 Å². The standard InChI is InChI=1S/C13H15N3O/c1-2-17-13-6-4-3-5-12(13)16-11-7-10(14)8-15-9-11/h3-9,16H,2,14H2,1H3. The molecule has 17 heavy (non-hydrogen) atoms. The Morgan fingerprint density at radius 1 is 1.29 bits per heavy atom. The number of nitrogens with one attached hydrogen (secondary N) is 1. The van der Waals surface area contributed by atoms with Crippen molar-refractivity contribution in [3.8, 4) is 5.75 Å². The average Bonchev–Trinajstić information content (AvgIpc) is 2.32. The lowest BCUT2D eigenvalue weighted by Gasteiger charge is -2.12. The van der Waals surface area contributed by atoms with Gasteiger partial charge in [0, 0.05) is 6.20 Å². The number of para-hydroxylation sites is 2. The SMILES string of the molecule is CCOc1ccccc1Nc1cncc(N)c1. The van der Waals surface area contributed by atoms with Crippen molar-refractivity contribution in [1.29, 1.82) is 0 Å². The lowest BCUT2D eigenvalue weighted by Crippen LogP contribution is -1.98. The van der Waals surface area contributed by atoms with Crippen molar-refractivity contribution in [2.45, 2.75) is 6.92 Å². The smallest absolute Gasteiger partial charge is 0.142 e.